The largest absolute Gasteiger partial charge is 0.497 e. The van der Waals surface area contributed by atoms with Gasteiger partial charge in [0.2, 0.25) is 11.8 Å². The third-order valence-electron chi connectivity index (χ3n) is 3.36. The molecule has 0 atom stereocenters. The summed E-state index contributed by atoms with van der Waals surface area (Å²) < 4.78 is 10.5. The first-order chi connectivity index (χ1) is 11.7. The van der Waals surface area contributed by atoms with Crippen LogP contribution in [0, 0.1) is 0 Å². The fraction of sp³-hybridized carbons (Fsp3) is 0.111. The van der Waals surface area contributed by atoms with E-state index in [-0.39, 0.29) is 12.3 Å². The van der Waals surface area contributed by atoms with Crippen molar-refractivity contribution in [3.63, 3.8) is 0 Å². The maximum absolute atomic E-state index is 12.2. The highest BCUT2D eigenvalue weighted by Crippen LogP contribution is 2.26. The Labute approximate surface area is 144 Å². The molecule has 0 aliphatic carbocycles. The lowest BCUT2D eigenvalue weighted by Crippen LogP contribution is -2.14. The van der Waals surface area contributed by atoms with E-state index in [1.165, 1.54) is 6.26 Å². The van der Waals surface area contributed by atoms with Gasteiger partial charge in [-0.25, -0.2) is 4.98 Å². The average molecular weight is 343 g/mol. The van der Waals surface area contributed by atoms with E-state index < -0.39 is 0 Å². The van der Waals surface area contributed by atoms with Gasteiger partial charge < -0.3 is 14.5 Å². The molecule has 6 heteroatoms. The lowest BCUT2D eigenvalue weighted by Gasteiger charge is -2.07. The van der Waals surface area contributed by atoms with Gasteiger partial charge in [0.05, 0.1) is 29.9 Å². The number of halogens is 1. The van der Waals surface area contributed by atoms with Crippen molar-refractivity contribution >= 4 is 23.2 Å². The first kappa shape index (κ1) is 16.1. The highest BCUT2D eigenvalue weighted by molar-refractivity contribution is 6.33. The van der Waals surface area contributed by atoms with Gasteiger partial charge in [-0.05, 0) is 24.3 Å². The van der Waals surface area contributed by atoms with E-state index in [1.54, 1.807) is 25.3 Å². The Balaban J connectivity index is 1.66. The van der Waals surface area contributed by atoms with Crippen molar-refractivity contribution in [2.45, 2.75) is 6.42 Å². The summed E-state index contributed by atoms with van der Waals surface area (Å²) in [5.74, 6) is 0.887. The molecule has 0 saturated carbocycles. The smallest absolute Gasteiger partial charge is 0.230 e. The number of hydrogen-bond donors (Lipinski definition) is 1. The molecule has 0 aliphatic rings. The summed E-state index contributed by atoms with van der Waals surface area (Å²) in [6.07, 6.45) is 1.58. The Morgan fingerprint density at radius 1 is 1.25 bits per heavy atom. The van der Waals surface area contributed by atoms with E-state index in [2.05, 4.69) is 10.3 Å². The molecule has 1 amide bonds. The zero-order chi connectivity index (χ0) is 16.9. The molecule has 1 heterocycles. The van der Waals surface area contributed by atoms with Crippen LogP contribution in [0.25, 0.3) is 11.5 Å². The SMILES string of the molecule is COc1ccc(NC(=O)Cc2coc(-c3ccccc3)n2)c(Cl)c1. The fourth-order valence-corrected chi connectivity index (χ4v) is 2.40. The molecule has 0 spiro atoms. The van der Waals surface area contributed by atoms with E-state index in [0.29, 0.717) is 28.0 Å². The molecule has 5 nitrogen and oxygen atoms in total. The number of methoxy groups -OCH3 is 1. The van der Waals surface area contributed by atoms with Crippen LogP contribution in [-0.2, 0) is 11.2 Å². The second-order valence-corrected chi connectivity index (χ2v) is 5.49. The predicted molar refractivity (Wildman–Crippen MR) is 92.3 cm³/mol. The lowest BCUT2D eigenvalue weighted by atomic mass is 10.2. The molecule has 0 radical (unpaired) electrons. The Hall–Kier alpha value is -2.79. The molecule has 1 N–H and O–H groups in total. The number of anilines is 1. The molecule has 0 fully saturated rings. The number of oxazole rings is 1. The van der Waals surface area contributed by atoms with Crippen molar-refractivity contribution in [3.8, 4) is 17.2 Å². The van der Waals surface area contributed by atoms with E-state index >= 15 is 0 Å². The Morgan fingerprint density at radius 2 is 2.04 bits per heavy atom. The van der Waals surface area contributed by atoms with Crippen LogP contribution in [0.5, 0.6) is 5.75 Å². The Bertz CT molecular complexity index is 846. The van der Waals surface area contributed by atoms with Gasteiger partial charge >= 0.3 is 0 Å². The summed E-state index contributed by atoms with van der Waals surface area (Å²) >= 11 is 6.11. The van der Waals surface area contributed by atoms with Crippen molar-refractivity contribution < 1.29 is 13.9 Å². The van der Waals surface area contributed by atoms with Crippen molar-refractivity contribution in [3.05, 3.63) is 65.5 Å². The molecule has 2 aromatic carbocycles. The predicted octanol–water partition coefficient (Wildman–Crippen LogP) is 4.18. The van der Waals surface area contributed by atoms with Crippen LogP contribution >= 0.6 is 11.6 Å². The van der Waals surface area contributed by atoms with E-state index in [0.717, 1.165) is 5.56 Å². The maximum Gasteiger partial charge on any atom is 0.230 e. The summed E-state index contributed by atoms with van der Waals surface area (Å²) in [6, 6.07) is 14.6. The van der Waals surface area contributed by atoms with Gasteiger partial charge in [-0.15, -0.1) is 0 Å². The number of amides is 1. The number of carbonyl (C=O) groups is 1. The topological polar surface area (TPSA) is 64.4 Å². The minimum atomic E-state index is -0.227. The molecule has 24 heavy (non-hydrogen) atoms. The van der Waals surface area contributed by atoms with Gasteiger partial charge in [-0.3, -0.25) is 4.79 Å². The van der Waals surface area contributed by atoms with Gasteiger partial charge in [0.1, 0.15) is 12.0 Å². The molecule has 1 aromatic heterocycles. The van der Waals surface area contributed by atoms with Crippen LogP contribution in [0.3, 0.4) is 0 Å². The summed E-state index contributed by atoms with van der Waals surface area (Å²) in [5, 5.41) is 3.16. The summed E-state index contributed by atoms with van der Waals surface area (Å²) in [7, 11) is 1.55. The lowest BCUT2D eigenvalue weighted by molar-refractivity contribution is -0.115. The molecular weight excluding hydrogens is 328 g/mol. The standard InChI is InChI=1S/C18H15ClN2O3/c1-23-14-7-8-16(15(19)10-14)21-17(22)9-13-11-24-18(20-13)12-5-3-2-4-6-12/h2-8,10-11H,9H2,1H3,(H,21,22). The third kappa shape index (κ3) is 3.75. The van der Waals surface area contributed by atoms with Crippen LogP contribution in [0.4, 0.5) is 5.69 Å². The zero-order valence-electron chi connectivity index (χ0n) is 13.0. The number of carbonyl (C=O) groups excluding carboxylic acids is 1. The molecule has 3 aromatic rings. The Kier molecular flexibility index (Phi) is 4.82. The van der Waals surface area contributed by atoms with E-state index in [9.17, 15) is 4.79 Å². The molecule has 3 rings (SSSR count). The number of ether oxygens (including phenoxy) is 1. The van der Waals surface area contributed by atoms with Gasteiger partial charge in [0, 0.05) is 11.6 Å². The summed E-state index contributed by atoms with van der Waals surface area (Å²) in [6.45, 7) is 0. The summed E-state index contributed by atoms with van der Waals surface area (Å²) in [4.78, 5) is 16.5. The molecular formula is C18H15ClN2O3. The summed E-state index contributed by atoms with van der Waals surface area (Å²) in [5.41, 5.74) is 1.94. The van der Waals surface area contributed by atoms with Crippen LogP contribution < -0.4 is 10.1 Å². The number of nitrogens with zero attached hydrogens (tertiary/aromatic N) is 1. The van der Waals surface area contributed by atoms with Crippen molar-refractivity contribution in [2.24, 2.45) is 0 Å². The number of rotatable bonds is 5. The van der Waals surface area contributed by atoms with Crippen molar-refractivity contribution in [1.82, 2.24) is 4.98 Å². The average Bonchev–Trinajstić information content (AvgIpc) is 3.06. The minimum Gasteiger partial charge on any atom is -0.497 e. The first-order valence-corrected chi connectivity index (χ1v) is 7.66. The van der Waals surface area contributed by atoms with Crippen molar-refractivity contribution in [1.29, 1.82) is 0 Å². The second kappa shape index (κ2) is 7.19. The number of benzene rings is 2. The molecule has 0 saturated heterocycles. The minimum absolute atomic E-state index is 0.0959. The van der Waals surface area contributed by atoms with Gasteiger partial charge in [-0.2, -0.15) is 0 Å². The highest BCUT2D eigenvalue weighted by Gasteiger charge is 2.12. The number of hydrogen-bond acceptors (Lipinski definition) is 4. The van der Waals surface area contributed by atoms with Crippen LogP contribution in [0.2, 0.25) is 5.02 Å². The number of aromatic nitrogens is 1. The van der Waals surface area contributed by atoms with Crippen LogP contribution in [-0.4, -0.2) is 18.0 Å². The van der Waals surface area contributed by atoms with Crippen LogP contribution in [0.1, 0.15) is 5.69 Å². The monoisotopic (exact) mass is 342 g/mol. The van der Waals surface area contributed by atoms with E-state index in [1.807, 2.05) is 30.3 Å². The normalized spacial score (nSPS) is 10.4. The third-order valence-corrected chi connectivity index (χ3v) is 3.68. The van der Waals surface area contributed by atoms with Crippen LogP contribution in [0.15, 0.2) is 59.2 Å². The quantitative estimate of drug-likeness (QED) is 0.755. The molecule has 0 aliphatic heterocycles. The number of nitrogens with one attached hydrogen (secondary N) is 1. The zero-order valence-corrected chi connectivity index (χ0v) is 13.7. The van der Waals surface area contributed by atoms with E-state index in [4.69, 9.17) is 20.8 Å². The van der Waals surface area contributed by atoms with Crippen molar-refractivity contribution in [2.75, 3.05) is 12.4 Å². The highest BCUT2D eigenvalue weighted by atomic mass is 35.5. The van der Waals surface area contributed by atoms with Gasteiger partial charge in [-0.1, -0.05) is 29.8 Å². The second-order valence-electron chi connectivity index (χ2n) is 5.08. The maximum atomic E-state index is 12.2. The van der Waals surface area contributed by atoms with Gasteiger partial charge in [0.25, 0.3) is 0 Å². The molecule has 122 valence electrons. The molecule has 0 bridgehead atoms. The first-order valence-electron chi connectivity index (χ1n) is 7.29. The Morgan fingerprint density at radius 3 is 2.75 bits per heavy atom. The molecule has 0 unspecified atom stereocenters. The van der Waals surface area contributed by atoms with Gasteiger partial charge in [0.15, 0.2) is 0 Å². The fourth-order valence-electron chi connectivity index (χ4n) is 2.18.